The van der Waals surface area contributed by atoms with E-state index in [4.69, 9.17) is 0 Å². The van der Waals surface area contributed by atoms with Crippen molar-refractivity contribution in [2.24, 2.45) is 0 Å². The van der Waals surface area contributed by atoms with E-state index in [1.807, 2.05) is 30.3 Å². The van der Waals surface area contributed by atoms with Crippen molar-refractivity contribution in [3.63, 3.8) is 0 Å². The SMILES string of the molecule is O=C(CSc1cccc2cccnc12)NNC(=O)Cn1c(=O)[nH]c(=O)c2ccccc21. The minimum atomic E-state index is -0.704. The number of rotatable bonds is 5. The first-order valence-corrected chi connectivity index (χ1v) is 10.3. The second-order valence-corrected chi connectivity index (χ2v) is 7.60. The summed E-state index contributed by atoms with van der Waals surface area (Å²) in [5.41, 5.74) is 4.53. The van der Waals surface area contributed by atoms with E-state index in [0.717, 1.165) is 20.4 Å². The molecule has 0 radical (unpaired) electrons. The number of hydrogen-bond acceptors (Lipinski definition) is 6. The molecule has 2 aromatic heterocycles. The van der Waals surface area contributed by atoms with Crippen molar-refractivity contribution < 1.29 is 9.59 Å². The third-order valence-corrected chi connectivity index (χ3v) is 5.55. The summed E-state index contributed by atoms with van der Waals surface area (Å²) in [6, 6.07) is 15.9. The molecule has 31 heavy (non-hydrogen) atoms. The molecule has 0 unspecified atom stereocenters. The number of hydrogen-bond donors (Lipinski definition) is 3. The highest BCUT2D eigenvalue weighted by Gasteiger charge is 2.12. The summed E-state index contributed by atoms with van der Waals surface area (Å²) >= 11 is 1.30. The molecule has 0 atom stereocenters. The normalized spacial score (nSPS) is 10.8. The van der Waals surface area contributed by atoms with Crippen molar-refractivity contribution in [2.45, 2.75) is 11.4 Å². The minimum Gasteiger partial charge on any atom is -0.284 e. The van der Waals surface area contributed by atoms with Gasteiger partial charge in [0.15, 0.2) is 0 Å². The number of H-pyrrole nitrogens is 1. The standard InChI is InChI=1S/C21H17N5O4S/c27-17(11-26-15-8-2-1-7-14(15)20(29)23-21(26)30)24-25-18(28)12-31-16-9-3-5-13-6-4-10-22-19(13)16/h1-10H,11-12H2,(H,24,27)(H,25,28)(H,23,29,30). The van der Waals surface area contributed by atoms with Gasteiger partial charge in [0.2, 0.25) is 5.91 Å². The van der Waals surface area contributed by atoms with Crippen molar-refractivity contribution in [1.82, 2.24) is 25.4 Å². The van der Waals surface area contributed by atoms with Crippen LogP contribution in [0.15, 0.2) is 75.3 Å². The Morgan fingerprint density at radius 3 is 2.61 bits per heavy atom. The van der Waals surface area contributed by atoms with Gasteiger partial charge in [-0.15, -0.1) is 11.8 Å². The van der Waals surface area contributed by atoms with Gasteiger partial charge in [-0.2, -0.15) is 0 Å². The number of nitrogens with one attached hydrogen (secondary N) is 3. The number of fused-ring (bicyclic) bond motifs is 2. The second-order valence-electron chi connectivity index (χ2n) is 6.58. The molecule has 3 N–H and O–H groups in total. The van der Waals surface area contributed by atoms with Crippen LogP contribution in [0.4, 0.5) is 0 Å². The summed E-state index contributed by atoms with van der Waals surface area (Å²) in [5, 5.41) is 1.26. The Morgan fingerprint density at radius 1 is 0.968 bits per heavy atom. The number of aromatic nitrogens is 3. The second kappa shape index (κ2) is 8.84. The van der Waals surface area contributed by atoms with Crippen LogP contribution in [0, 0.1) is 0 Å². The van der Waals surface area contributed by atoms with Gasteiger partial charge in [-0.05, 0) is 24.3 Å². The van der Waals surface area contributed by atoms with E-state index in [0.29, 0.717) is 10.9 Å². The van der Waals surface area contributed by atoms with Crippen molar-refractivity contribution in [3.8, 4) is 0 Å². The molecule has 0 saturated carbocycles. The van der Waals surface area contributed by atoms with Gasteiger partial charge >= 0.3 is 5.69 Å². The molecule has 4 rings (SSSR count). The van der Waals surface area contributed by atoms with Gasteiger partial charge in [-0.25, -0.2) is 4.79 Å². The van der Waals surface area contributed by atoms with Crippen LogP contribution in [0.3, 0.4) is 0 Å². The maximum atomic E-state index is 12.3. The van der Waals surface area contributed by atoms with Crippen molar-refractivity contribution in [3.05, 3.63) is 81.6 Å². The smallest absolute Gasteiger partial charge is 0.284 e. The zero-order chi connectivity index (χ0) is 21.8. The maximum absolute atomic E-state index is 12.3. The van der Waals surface area contributed by atoms with Gasteiger partial charge in [0.05, 0.1) is 22.2 Å². The zero-order valence-corrected chi connectivity index (χ0v) is 16.9. The van der Waals surface area contributed by atoms with Crippen LogP contribution in [0.25, 0.3) is 21.8 Å². The largest absolute Gasteiger partial charge is 0.329 e. The summed E-state index contributed by atoms with van der Waals surface area (Å²) in [7, 11) is 0. The Labute approximate surface area is 179 Å². The van der Waals surface area contributed by atoms with Crippen LogP contribution < -0.4 is 22.1 Å². The van der Waals surface area contributed by atoms with Gasteiger partial charge < -0.3 is 0 Å². The van der Waals surface area contributed by atoms with E-state index in [1.54, 1.807) is 30.5 Å². The highest BCUT2D eigenvalue weighted by molar-refractivity contribution is 8.00. The van der Waals surface area contributed by atoms with Crippen LogP contribution >= 0.6 is 11.8 Å². The molecule has 0 spiro atoms. The molecule has 0 aliphatic heterocycles. The van der Waals surface area contributed by atoms with E-state index < -0.39 is 23.1 Å². The third kappa shape index (κ3) is 4.48. The van der Waals surface area contributed by atoms with E-state index in [1.165, 1.54) is 11.8 Å². The monoisotopic (exact) mass is 435 g/mol. The molecule has 2 heterocycles. The number of carbonyl (C=O) groups is 2. The van der Waals surface area contributed by atoms with Crippen LogP contribution in [0.5, 0.6) is 0 Å². The quantitative estimate of drug-likeness (QED) is 0.319. The van der Waals surface area contributed by atoms with Crippen LogP contribution in [0.2, 0.25) is 0 Å². The summed E-state index contributed by atoms with van der Waals surface area (Å²) < 4.78 is 1.13. The fraction of sp³-hybridized carbons (Fsp3) is 0.0952. The molecular formula is C21H17N5O4S. The Bertz CT molecular complexity index is 1410. The number of carbonyl (C=O) groups excluding carboxylic acids is 2. The number of hydrazine groups is 1. The molecule has 2 aromatic carbocycles. The summed E-state index contributed by atoms with van der Waals surface area (Å²) in [5.74, 6) is -0.952. The molecular weight excluding hydrogens is 418 g/mol. The van der Waals surface area contributed by atoms with E-state index >= 15 is 0 Å². The van der Waals surface area contributed by atoms with Gasteiger partial charge in [0, 0.05) is 16.5 Å². The highest BCUT2D eigenvalue weighted by atomic mass is 32.2. The number of pyridine rings is 1. The number of amides is 2. The number of benzene rings is 2. The maximum Gasteiger partial charge on any atom is 0.329 e. The predicted molar refractivity (Wildman–Crippen MR) is 118 cm³/mol. The minimum absolute atomic E-state index is 0.0670. The fourth-order valence-electron chi connectivity index (χ4n) is 3.09. The van der Waals surface area contributed by atoms with Gasteiger partial charge in [0.1, 0.15) is 6.54 Å². The number of nitrogens with zero attached hydrogens (tertiary/aromatic N) is 2. The molecule has 2 amide bonds. The Morgan fingerprint density at radius 2 is 1.74 bits per heavy atom. The van der Waals surface area contributed by atoms with E-state index in [9.17, 15) is 19.2 Å². The topological polar surface area (TPSA) is 126 Å². The summed E-state index contributed by atoms with van der Waals surface area (Å²) in [6.07, 6.45) is 1.69. The third-order valence-electron chi connectivity index (χ3n) is 4.50. The first-order valence-electron chi connectivity index (χ1n) is 9.29. The highest BCUT2D eigenvalue weighted by Crippen LogP contribution is 2.25. The fourth-order valence-corrected chi connectivity index (χ4v) is 3.93. The molecule has 0 saturated heterocycles. The zero-order valence-electron chi connectivity index (χ0n) is 16.1. The van der Waals surface area contributed by atoms with Crippen molar-refractivity contribution in [1.29, 1.82) is 0 Å². The summed E-state index contributed by atoms with van der Waals surface area (Å²) in [4.78, 5) is 55.8. The van der Waals surface area contributed by atoms with E-state index in [-0.39, 0.29) is 12.3 Å². The molecule has 0 aliphatic rings. The molecule has 0 bridgehead atoms. The lowest BCUT2D eigenvalue weighted by atomic mass is 10.2. The average Bonchev–Trinajstić information content (AvgIpc) is 2.79. The first kappa shape index (κ1) is 20.4. The lowest BCUT2D eigenvalue weighted by Gasteiger charge is -2.11. The van der Waals surface area contributed by atoms with Crippen LogP contribution in [0.1, 0.15) is 0 Å². The number of thioether (sulfide) groups is 1. The molecule has 4 aromatic rings. The Kier molecular flexibility index (Phi) is 5.80. The van der Waals surface area contributed by atoms with Gasteiger partial charge in [0.25, 0.3) is 11.5 Å². The number of para-hydroxylation sites is 2. The average molecular weight is 435 g/mol. The van der Waals surface area contributed by atoms with Crippen LogP contribution in [-0.2, 0) is 16.1 Å². The first-order chi connectivity index (χ1) is 15.0. The van der Waals surface area contributed by atoms with E-state index in [2.05, 4.69) is 20.8 Å². The summed E-state index contributed by atoms with van der Waals surface area (Å²) in [6.45, 7) is -0.364. The van der Waals surface area contributed by atoms with Crippen molar-refractivity contribution >= 4 is 45.4 Å². The Balaban J connectivity index is 1.37. The van der Waals surface area contributed by atoms with Crippen LogP contribution in [-0.4, -0.2) is 32.1 Å². The van der Waals surface area contributed by atoms with Gasteiger partial charge in [-0.1, -0.05) is 30.3 Å². The lowest BCUT2D eigenvalue weighted by molar-refractivity contribution is -0.128. The molecule has 156 valence electrons. The Hall–Kier alpha value is -3.92. The van der Waals surface area contributed by atoms with Gasteiger partial charge in [-0.3, -0.25) is 39.8 Å². The molecule has 0 fully saturated rings. The lowest BCUT2D eigenvalue weighted by Crippen LogP contribution is -2.45. The number of aromatic amines is 1. The van der Waals surface area contributed by atoms with Crippen molar-refractivity contribution in [2.75, 3.05) is 5.75 Å². The molecule has 9 nitrogen and oxygen atoms in total. The predicted octanol–water partition coefficient (Wildman–Crippen LogP) is 1.18. The molecule has 10 heteroatoms. The molecule has 0 aliphatic carbocycles.